The standard InChI is InChI=1S/C17H35N3/c1-6-15-12-20(16(11-18-15)14(2)3)13-17(4)7-9-19(5)10-8-17/h14-16,18H,6-13H2,1-5H3. The summed E-state index contributed by atoms with van der Waals surface area (Å²) in [6.45, 7) is 15.8. The van der Waals surface area contributed by atoms with Gasteiger partial charge in [0.15, 0.2) is 0 Å². The SMILES string of the molecule is CCC1CN(CC2(C)CCN(C)CC2)C(C(C)C)CN1. The maximum atomic E-state index is 3.74. The van der Waals surface area contributed by atoms with E-state index in [-0.39, 0.29) is 0 Å². The third-order valence-electron chi connectivity index (χ3n) is 5.58. The van der Waals surface area contributed by atoms with Crippen LogP contribution in [-0.4, -0.2) is 61.7 Å². The fourth-order valence-electron chi connectivity index (χ4n) is 3.82. The summed E-state index contributed by atoms with van der Waals surface area (Å²) in [4.78, 5) is 5.29. The van der Waals surface area contributed by atoms with E-state index in [4.69, 9.17) is 0 Å². The maximum Gasteiger partial charge on any atom is 0.0244 e. The number of nitrogens with one attached hydrogen (secondary N) is 1. The highest BCUT2D eigenvalue weighted by Crippen LogP contribution is 2.33. The molecule has 2 rings (SSSR count). The van der Waals surface area contributed by atoms with Crippen molar-refractivity contribution in [2.75, 3.05) is 39.8 Å². The summed E-state index contributed by atoms with van der Waals surface area (Å²) < 4.78 is 0. The summed E-state index contributed by atoms with van der Waals surface area (Å²) in [5, 5.41) is 3.74. The van der Waals surface area contributed by atoms with Gasteiger partial charge in [-0.1, -0.05) is 27.7 Å². The molecule has 2 fully saturated rings. The highest BCUT2D eigenvalue weighted by atomic mass is 15.2. The van der Waals surface area contributed by atoms with Crippen molar-refractivity contribution in [2.24, 2.45) is 11.3 Å². The Morgan fingerprint density at radius 2 is 1.90 bits per heavy atom. The average molecular weight is 281 g/mol. The van der Waals surface area contributed by atoms with Crippen molar-refractivity contribution in [2.45, 2.75) is 59.0 Å². The Balaban J connectivity index is 1.99. The number of nitrogens with zero attached hydrogens (tertiary/aromatic N) is 2. The smallest absolute Gasteiger partial charge is 0.0244 e. The van der Waals surface area contributed by atoms with Crippen LogP contribution in [0.2, 0.25) is 0 Å². The molecular weight excluding hydrogens is 246 g/mol. The van der Waals surface area contributed by atoms with Gasteiger partial charge in [-0.05, 0) is 50.7 Å². The number of piperidine rings is 1. The minimum atomic E-state index is 0.523. The van der Waals surface area contributed by atoms with Crippen LogP contribution in [-0.2, 0) is 0 Å². The zero-order valence-corrected chi connectivity index (χ0v) is 14.3. The number of rotatable bonds is 4. The monoisotopic (exact) mass is 281 g/mol. The second kappa shape index (κ2) is 6.76. The van der Waals surface area contributed by atoms with Crippen molar-refractivity contribution < 1.29 is 0 Å². The molecule has 0 aliphatic carbocycles. The predicted molar refractivity (Wildman–Crippen MR) is 87.1 cm³/mol. The summed E-state index contributed by atoms with van der Waals surface area (Å²) in [6, 6.07) is 1.41. The maximum absolute atomic E-state index is 3.74. The molecule has 2 unspecified atom stereocenters. The summed E-state index contributed by atoms with van der Waals surface area (Å²) in [7, 11) is 2.26. The first-order chi connectivity index (χ1) is 9.43. The molecule has 0 spiro atoms. The van der Waals surface area contributed by atoms with Gasteiger partial charge in [0.1, 0.15) is 0 Å². The Morgan fingerprint density at radius 1 is 1.25 bits per heavy atom. The van der Waals surface area contributed by atoms with Crippen molar-refractivity contribution in [3.8, 4) is 0 Å². The van der Waals surface area contributed by atoms with Gasteiger partial charge in [-0.3, -0.25) is 4.90 Å². The first-order valence-electron chi connectivity index (χ1n) is 8.59. The molecule has 0 aromatic rings. The van der Waals surface area contributed by atoms with Crippen LogP contribution < -0.4 is 5.32 Å². The predicted octanol–water partition coefficient (Wildman–Crippen LogP) is 2.43. The molecule has 20 heavy (non-hydrogen) atoms. The van der Waals surface area contributed by atoms with Crippen LogP contribution in [0.5, 0.6) is 0 Å². The lowest BCUT2D eigenvalue weighted by Crippen LogP contribution is -2.60. The first kappa shape index (κ1) is 16.3. The molecule has 1 N–H and O–H groups in total. The van der Waals surface area contributed by atoms with Crippen LogP contribution >= 0.6 is 0 Å². The van der Waals surface area contributed by atoms with E-state index in [0.717, 1.165) is 5.92 Å². The molecule has 0 aromatic carbocycles. The minimum Gasteiger partial charge on any atom is -0.311 e. The van der Waals surface area contributed by atoms with Gasteiger partial charge in [0.05, 0.1) is 0 Å². The highest BCUT2D eigenvalue weighted by molar-refractivity contribution is 4.92. The Bertz CT molecular complexity index is 295. The number of piperazine rings is 1. The van der Waals surface area contributed by atoms with Crippen LogP contribution in [0, 0.1) is 11.3 Å². The summed E-state index contributed by atoms with van der Waals surface area (Å²) >= 11 is 0. The van der Waals surface area contributed by atoms with Crippen molar-refractivity contribution in [1.29, 1.82) is 0 Å². The zero-order chi connectivity index (χ0) is 14.8. The van der Waals surface area contributed by atoms with Crippen LogP contribution in [0.4, 0.5) is 0 Å². The Labute approximate surface area is 126 Å². The molecule has 3 heteroatoms. The van der Waals surface area contributed by atoms with E-state index in [9.17, 15) is 0 Å². The van der Waals surface area contributed by atoms with E-state index in [1.807, 2.05) is 0 Å². The second-order valence-electron chi connectivity index (χ2n) is 7.87. The van der Waals surface area contributed by atoms with Gasteiger partial charge < -0.3 is 10.2 Å². The summed E-state index contributed by atoms with van der Waals surface area (Å²) in [5.41, 5.74) is 0.523. The van der Waals surface area contributed by atoms with Gasteiger partial charge in [-0.2, -0.15) is 0 Å². The summed E-state index contributed by atoms with van der Waals surface area (Å²) in [6.07, 6.45) is 3.96. The molecule has 2 saturated heterocycles. The zero-order valence-electron chi connectivity index (χ0n) is 14.3. The lowest BCUT2D eigenvalue weighted by molar-refractivity contribution is 0.0272. The Kier molecular flexibility index (Phi) is 5.49. The molecule has 2 atom stereocenters. The van der Waals surface area contributed by atoms with E-state index in [1.54, 1.807) is 0 Å². The number of hydrogen-bond acceptors (Lipinski definition) is 3. The van der Waals surface area contributed by atoms with E-state index >= 15 is 0 Å². The van der Waals surface area contributed by atoms with E-state index < -0.39 is 0 Å². The van der Waals surface area contributed by atoms with Gasteiger partial charge >= 0.3 is 0 Å². The minimum absolute atomic E-state index is 0.523. The molecule has 2 heterocycles. The largest absolute Gasteiger partial charge is 0.311 e. The highest BCUT2D eigenvalue weighted by Gasteiger charge is 2.36. The van der Waals surface area contributed by atoms with Crippen LogP contribution in [0.1, 0.15) is 47.0 Å². The van der Waals surface area contributed by atoms with Gasteiger partial charge in [0.25, 0.3) is 0 Å². The quantitative estimate of drug-likeness (QED) is 0.854. The molecule has 0 saturated carbocycles. The molecule has 0 bridgehead atoms. The van der Waals surface area contributed by atoms with Crippen molar-refractivity contribution in [3.63, 3.8) is 0 Å². The Hall–Kier alpha value is -0.120. The lowest BCUT2D eigenvalue weighted by Gasteiger charge is -2.48. The molecule has 118 valence electrons. The van der Waals surface area contributed by atoms with Gasteiger partial charge in [0.2, 0.25) is 0 Å². The number of hydrogen-bond donors (Lipinski definition) is 1. The third kappa shape index (κ3) is 3.96. The molecule has 0 radical (unpaired) electrons. The van der Waals surface area contributed by atoms with Gasteiger partial charge in [-0.15, -0.1) is 0 Å². The second-order valence-corrected chi connectivity index (χ2v) is 7.87. The first-order valence-corrected chi connectivity index (χ1v) is 8.59. The summed E-state index contributed by atoms with van der Waals surface area (Å²) in [5.74, 6) is 0.746. The van der Waals surface area contributed by atoms with Crippen LogP contribution in [0.15, 0.2) is 0 Å². The molecule has 2 aliphatic heterocycles. The Morgan fingerprint density at radius 3 is 2.45 bits per heavy atom. The molecule has 0 aromatic heterocycles. The molecule has 2 aliphatic rings. The van der Waals surface area contributed by atoms with Crippen molar-refractivity contribution in [3.05, 3.63) is 0 Å². The van der Waals surface area contributed by atoms with E-state index in [2.05, 4.69) is 49.9 Å². The van der Waals surface area contributed by atoms with Crippen LogP contribution in [0.3, 0.4) is 0 Å². The topological polar surface area (TPSA) is 18.5 Å². The van der Waals surface area contributed by atoms with Crippen molar-refractivity contribution >= 4 is 0 Å². The lowest BCUT2D eigenvalue weighted by atomic mass is 9.79. The molecule has 0 amide bonds. The van der Waals surface area contributed by atoms with Gasteiger partial charge in [0, 0.05) is 31.7 Å². The van der Waals surface area contributed by atoms with Crippen molar-refractivity contribution in [1.82, 2.24) is 15.1 Å². The fourth-order valence-corrected chi connectivity index (χ4v) is 3.82. The third-order valence-corrected chi connectivity index (χ3v) is 5.58. The van der Waals surface area contributed by atoms with Gasteiger partial charge in [-0.25, -0.2) is 0 Å². The normalized spacial score (nSPS) is 32.7. The average Bonchev–Trinajstić information content (AvgIpc) is 2.42. The van der Waals surface area contributed by atoms with E-state index in [0.29, 0.717) is 17.5 Å². The molecular formula is C17H35N3. The van der Waals surface area contributed by atoms with Crippen LogP contribution in [0.25, 0.3) is 0 Å². The molecule has 3 nitrogen and oxygen atoms in total. The fraction of sp³-hybridized carbons (Fsp3) is 1.00. The van der Waals surface area contributed by atoms with E-state index in [1.165, 1.54) is 52.0 Å². The number of likely N-dealkylation sites (tertiary alicyclic amines) is 1.